The van der Waals surface area contributed by atoms with Crippen LogP contribution in [0.25, 0.3) is 0 Å². The first-order valence-corrected chi connectivity index (χ1v) is 7.19. The SMILES string of the molecule is CCCCCC(CCC)OS(C)(=O)=O. The molecular weight excluding hydrogens is 200 g/mol. The Morgan fingerprint density at radius 1 is 1.07 bits per heavy atom. The summed E-state index contributed by atoms with van der Waals surface area (Å²) >= 11 is 0. The van der Waals surface area contributed by atoms with E-state index in [0.717, 1.165) is 44.8 Å². The minimum Gasteiger partial charge on any atom is -0.267 e. The van der Waals surface area contributed by atoms with Gasteiger partial charge in [-0.05, 0) is 12.8 Å². The van der Waals surface area contributed by atoms with E-state index in [2.05, 4.69) is 6.92 Å². The average molecular weight is 222 g/mol. The van der Waals surface area contributed by atoms with E-state index in [-0.39, 0.29) is 6.10 Å². The van der Waals surface area contributed by atoms with E-state index >= 15 is 0 Å². The van der Waals surface area contributed by atoms with Crippen molar-refractivity contribution in [1.29, 1.82) is 0 Å². The van der Waals surface area contributed by atoms with Crippen molar-refractivity contribution >= 4 is 10.1 Å². The molecule has 1 atom stereocenters. The maximum atomic E-state index is 10.9. The fraction of sp³-hybridized carbons (Fsp3) is 1.00. The van der Waals surface area contributed by atoms with Gasteiger partial charge in [0.05, 0.1) is 12.4 Å². The lowest BCUT2D eigenvalue weighted by Gasteiger charge is -2.14. The van der Waals surface area contributed by atoms with Crippen LogP contribution in [0.3, 0.4) is 0 Å². The van der Waals surface area contributed by atoms with E-state index in [1.54, 1.807) is 0 Å². The molecule has 0 radical (unpaired) electrons. The summed E-state index contributed by atoms with van der Waals surface area (Å²) in [6, 6.07) is 0. The average Bonchev–Trinajstić information content (AvgIpc) is 2.02. The maximum Gasteiger partial charge on any atom is 0.264 e. The lowest BCUT2D eigenvalue weighted by Crippen LogP contribution is -2.17. The second-order valence-corrected chi connectivity index (χ2v) is 5.31. The molecule has 0 N–H and O–H groups in total. The predicted octanol–water partition coefficient (Wildman–Crippen LogP) is 2.71. The Hall–Kier alpha value is -0.0900. The van der Waals surface area contributed by atoms with Gasteiger partial charge in [0.2, 0.25) is 0 Å². The van der Waals surface area contributed by atoms with E-state index < -0.39 is 10.1 Å². The molecule has 0 aliphatic heterocycles. The van der Waals surface area contributed by atoms with E-state index in [1.165, 1.54) is 0 Å². The van der Waals surface area contributed by atoms with Gasteiger partial charge >= 0.3 is 0 Å². The molecule has 0 saturated carbocycles. The van der Waals surface area contributed by atoms with Crippen LogP contribution < -0.4 is 0 Å². The molecule has 0 aliphatic rings. The topological polar surface area (TPSA) is 43.4 Å². The second-order valence-electron chi connectivity index (χ2n) is 3.71. The van der Waals surface area contributed by atoms with Gasteiger partial charge in [-0.25, -0.2) is 0 Å². The molecule has 0 aromatic carbocycles. The summed E-state index contributed by atoms with van der Waals surface area (Å²) < 4.78 is 26.9. The van der Waals surface area contributed by atoms with Gasteiger partial charge in [0.15, 0.2) is 0 Å². The number of unbranched alkanes of at least 4 members (excludes halogenated alkanes) is 2. The molecule has 0 saturated heterocycles. The van der Waals surface area contributed by atoms with E-state index in [4.69, 9.17) is 4.18 Å². The molecule has 3 nitrogen and oxygen atoms in total. The van der Waals surface area contributed by atoms with Crippen LogP contribution in [0.2, 0.25) is 0 Å². The van der Waals surface area contributed by atoms with Crippen molar-refractivity contribution in [3.8, 4) is 0 Å². The van der Waals surface area contributed by atoms with Gasteiger partial charge in [0.25, 0.3) is 10.1 Å². The zero-order valence-electron chi connectivity index (χ0n) is 9.45. The van der Waals surface area contributed by atoms with Crippen molar-refractivity contribution in [2.45, 2.75) is 58.5 Å². The normalized spacial score (nSPS) is 14.2. The number of hydrogen-bond acceptors (Lipinski definition) is 3. The van der Waals surface area contributed by atoms with E-state index in [1.807, 2.05) is 6.92 Å². The molecule has 0 spiro atoms. The summed E-state index contributed by atoms with van der Waals surface area (Å²) in [6.07, 6.45) is 7.01. The van der Waals surface area contributed by atoms with Crippen LogP contribution in [0, 0.1) is 0 Å². The van der Waals surface area contributed by atoms with Crippen LogP contribution in [0.15, 0.2) is 0 Å². The Kier molecular flexibility index (Phi) is 7.19. The molecule has 0 aliphatic carbocycles. The molecule has 14 heavy (non-hydrogen) atoms. The fourth-order valence-electron chi connectivity index (χ4n) is 1.43. The Morgan fingerprint density at radius 2 is 1.71 bits per heavy atom. The summed E-state index contributed by atoms with van der Waals surface area (Å²) in [4.78, 5) is 0. The predicted molar refractivity (Wildman–Crippen MR) is 58.8 cm³/mol. The fourth-order valence-corrected chi connectivity index (χ4v) is 2.12. The van der Waals surface area contributed by atoms with Crippen molar-refractivity contribution in [2.24, 2.45) is 0 Å². The first-order valence-electron chi connectivity index (χ1n) is 5.37. The van der Waals surface area contributed by atoms with Gasteiger partial charge in [-0.3, -0.25) is 4.18 Å². The molecule has 0 rings (SSSR count). The number of hydrogen-bond donors (Lipinski definition) is 0. The molecule has 1 unspecified atom stereocenters. The first kappa shape index (κ1) is 13.9. The second kappa shape index (κ2) is 7.23. The highest BCUT2D eigenvalue weighted by Crippen LogP contribution is 2.13. The lowest BCUT2D eigenvalue weighted by atomic mass is 10.1. The van der Waals surface area contributed by atoms with Crippen LogP contribution in [0.4, 0.5) is 0 Å². The van der Waals surface area contributed by atoms with E-state index in [0.29, 0.717) is 0 Å². The minimum atomic E-state index is -3.28. The highest BCUT2D eigenvalue weighted by atomic mass is 32.2. The third kappa shape index (κ3) is 8.51. The maximum absolute atomic E-state index is 10.9. The van der Waals surface area contributed by atoms with Crippen LogP contribution in [-0.4, -0.2) is 20.8 Å². The summed E-state index contributed by atoms with van der Waals surface area (Å²) in [5.74, 6) is 0. The van der Waals surface area contributed by atoms with Crippen LogP contribution in [-0.2, 0) is 14.3 Å². The van der Waals surface area contributed by atoms with Crippen LogP contribution >= 0.6 is 0 Å². The van der Waals surface area contributed by atoms with Crippen molar-refractivity contribution < 1.29 is 12.6 Å². The van der Waals surface area contributed by atoms with Crippen LogP contribution in [0.5, 0.6) is 0 Å². The van der Waals surface area contributed by atoms with Crippen molar-refractivity contribution in [3.05, 3.63) is 0 Å². The van der Waals surface area contributed by atoms with Gasteiger partial charge in [0.1, 0.15) is 0 Å². The lowest BCUT2D eigenvalue weighted by molar-refractivity contribution is 0.185. The largest absolute Gasteiger partial charge is 0.267 e. The minimum absolute atomic E-state index is 0.110. The standard InChI is InChI=1S/C10H22O3S/c1-4-6-7-9-10(8-5-2)13-14(3,11)12/h10H,4-9H2,1-3H3. The molecule has 86 valence electrons. The Labute approximate surface area is 88.0 Å². The summed E-state index contributed by atoms with van der Waals surface area (Å²) in [5, 5.41) is 0. The van der Waals surface area contributed by atoms with Crippen molar-refractivity contribution in [2.75, 3.05) is 6.26 Å². The van der Waals surface area contributed by atoms with Gasteiger partial charge < -0.3 is 0 Å². The molecule has 0 heterocycles. The first-order chi connectivity index (χ1) is 6.49. The van der Waals surface area contributed by atoms with Crippen molar-refractivity contribution in [1.82, 2.24) is 0 Å². The Bertz CT molecular complexity index is 222. The molecule has 0 aromatic heterocycles. The summed E-state index contributed by atoms with van der Waals surface area (Å²) in [5.41, 5.74) is 0. The molecule has 0 fully saturated rings. The summed E-state index contributed by atoms with van der Waals surface area (Å²) in [7, 11) is -3.28. The third-order valence-electron chi connectivity index (χ3n) is 2.05. The quantitative estimate of drug-likeness (QED) is 0.468. The highest BCUT2D eigenvalue weighted by molar-refractivity contribution is 7.86. The third-order valence-corrected chi connectivity index (χ3v) is 2.67. The van der Waals surface area contributed by atoms with E-state index in [9.17, 15) is 8.42 Å². The smallest absolute Gasteiger partial charge is 0.264 e. The van der Waals surface area contributed by atoms with Gasteiger partial charge in [-0.15, -0.1) is 0 Å². The van der Waals surface area contributed by atoms with Gasteiger partial charge in [-0.2, -0.15) is 8.42 Å². The van der Waals surface area contributed by atoms with Crippen LogP contribution in [0.1, 0.15) is 52.4 Å². The molecule has 0 bridgehead atoms. The Balaban J connectivity index is 3.89. The zero-order valence-corrected chi connectivity index (χ0v) is 10.3. The molecule has 4 heteroatoms. The molecule has 0 amide bonds. The van der Waals surface area contributed by atoms with Gasteiger partial charge in [-0.1, -0.05) is 39.5 Å². The summed E-state index contributed by atoms with van der Waals surface area (Å²) in [6.45, 7) is 4.17. The number of rotatable bonds is 8. The monoisotopic (exact) mass is 222 g/mol. The highest BCUT2D eigenvalue weighted by Gasteiger charge is 2.13. The molecular formula is C10H22O3S. The Morgan fingerprint density at radius 3 is 2.14 bits per heavy atom. The zero-order chi connectivity index (χ0) is 11.0. The van der Waals surface area contributed by atoms with Crippen molar-refractivity contribution in [3.63, 3.8) is 0 Å². The van der Waals surface area contributed by atoms with Gasteiger partial charge in [0, 0.05) is 0 Å². The molecule has 0 aromatic rings.